The standard InChI is InChI=1S/C13H15NO5/c1-7(2)13(18,11(15)16)8-4-5-9-10(6-8)19-12(17)14(9)3/h4-7,18H,1-3H3,(H,15,16). The fourth-order valence-corrected chi connectivity index (χ4v) is 2.07. The average Bonchev–Trinajstić information content (AvgIpc) is 2.63. The molecular formula is C13H15NO5. The Morgan fingerprint density at radius 3 is 2.58 bits per heavy atom. The number of aromatic nitrogens is 1. The van der Waals surface area contributed by atoms with Crippen LogP contribution in [-0.4, -0.2) is 20.7 Å². The molecule has 1 aromatic carbocycles. The van der Waals surface area contributed by atoms with Crippen LogP contribution in [0.1, 0.15) is 19.4 Å². The quantitative estimate of drug-likeness (QED) is 0.865. The molecule has 0 amide bonds. The maximum absolute atomic E-state index is 11.4. The van der Waals surface area contributed by atoms with Crippen LogP contribution in [0.25, 0.3) is 11.1 Å². The van der Waals surface area contributed by atoms with Gasteiger partial charge in [0.15, 0.2) is 11.2 Å². The van der Waals surface area contributed by atoms with Crippen LogP contribution in [0.3, 0.4) is 0 Å². The van der Waals surface area contributed by atoms with Crippen molar-refractivity contribution < 1.29 is 19.4 Å². The molecule has 1 unspecified atom stereocenters. The summed E-state index contributed by atoms with van der Waals surface area (Å²) < 4.78 is 6.31. The first-order valence-corrected chi connectivity index (χ1v) is 5.84. The number of benzene rings is 1. The van der Waals surface area contributed by atoms with Gasteiger partial charge in [0.25, 0.3) is 0 Å². The summed E-state index contributed by atoms with van der Waals surface area (Å²) in [4.78, 5) is 22.7. The Morgan fingerprint density at radius 2 is 2.05 bits per heavy atom. The van der Waals surface area contributed by atoms with Crippen molar-refractivity contribution in [2.45, 2.75) is 19.4 Å². The van der Waals surface area contributed by atoms with Gasteiger partial charge in [0.1, 0.15) is 0 Å². The number of carboxylic acids is 1. The minimum absolute atomic E-state index is 0.192. The lowest BCUT2D eigenvalue weighted by Gasteiger charge is -2.27. The molecule has 1 heterocycles. The van der Waals surface area contributed by atoms with E-state index in [9.17, 15) is 19.8 Å². The van der Waals surface area contributed by atoms with E-state index in [1.165, 1.54) is 16.7 Å². The number of carboxylic acid groups (broad SMARTS) is 1. The molecule has 0 aliphatic heterocycles. The first-order chi connectivity index (χ1) is 8.78. The molecule has 1 atom stereocenters. The van der Waals surface area contributed by atoms with Crippen molar-refractivity contribution in [2.24, 2.45) is 13.0 Å². The third kappa shape index (κ3) is 1.84. The molecule has 19 heavy (non-hydrogen) atoms. The predicted molar refractivity (Wildman–Crippen MR) is 67.8 cm³/mol. The van der Waals surface area contributed by atoms with E-state index in [0.717, 1.165) is 0 Å². The minimum Gasteiger partial charge on any atom is -0.479 e. The van der Waals surface area contributed by atoms with E-state index in [2.05, 4.69) is 0 Å². The molecule has 0 aliphatic carbocycles. The van der Waals surface area contributed by atoms with E-state index in [4.69, 9.17) is 4.42 Å². The van der Waals surface area contributed by atoms with Crippen molar-refractivity contribution in [2.75, 3.05) is 0 Å². The van der Waals surface area contributed by atoms with Crippen molar-refractivity contribution >= 4 is 17.1 Å². The smallest absolute Gasteiger partial charge is 0.419 e. The molecule has 2 rings (SSSR count). The molecular weight excluding hydrogens is 250 g/mol. The number of rotatable bonds is 3. The molecule has 6 heteroatoms. The average molecular weight is 265 g/mol. The topological polar surface area (TPSA) is 92.7 Å². The van der Waals surface area contributed by atoms with E-state index in [1.54, 1.807) is 27.0 Å². The van der Waals surface area contributed by atoms with Crippen molar-refractivity contribution in [1.29, 1.82) is 0 Å². The third-order valence-corrected chi connectivity index (χ3v) is 3.39. The molecule has 6 nitrogen and oxygen atoms in total. The van der Waals surface area contributed by atoms with Crippen molar-refractivity contribution in [1.82, 2.24) is 4.57 Å². The highest BCUT2D eigenvalue weighted by Crippen LogP contribution is 2.31. The van der Waals surface area contributed by atoms with Crippen LogP contribution in [0.2, 0.25) is 0 Å². The summed E-state index contributed by atoms with van der Waals surface area (Å²) in [7, 11) is 1.56. The van der Waals surface area contributed by atoms with Crippen LogP contribution in [-0.2, 0) is 17.4 Å². The van der Waals surface area contributed by atoms with Gasteiger partial charge in [-0.1, -0.05) is 19.9 Å². The summed E-state index contributed by atoms with van der Waals surface area (Å²) in [5.74, 6) is -2.39. The van der Waals surface area contributed by atoms with Gasteiger partial charge in [0.2, 0.25) is 0 Å². The maximum atomic E-state index is 11.4. The van der Waals surface area contributed by atoms with E-state index in [0.29, 0.717) is 5.52 Å². The van der Waals surface area contributed by atoms with Gasteiger partial charge in [0, 0.05) is 7.05 Å². The van der Waals surface area contributed by atoms with Crippen molar-refractivity contribution in [3.63, 3.8) is 0 Å². The van der Waals surface area contributed by atoms with Gasteiger partial charge in [-0.2, -0.15) is 0 Å². The number of aryl methyl sites for hydroxylation is 1. The lowest BCUT2D eigenvalue weighted by molar-refractivity contribution is -0.165. The zero-order valence-electron chi connectivity index (χ0n) is 10.9. The Bertz CT molecular complexity index is 697. The Hall–Kier alpha value is -2.08. The number of aliphatic carboxylic acids is 1. The highest BCUT2D eigenvalue weighted by Gasteiger charge is 2.41. The van der Waals surface area contributed by atoms with Crippen molar-refractivity contribution in [3.05, 3.63) is 34.3 Å². The van der Waals surface area contributed by atoms with E-state index < -0.39 is 23.2 Å². The number of nitrogens with zero attached hydrogens (tertiary/aromatic N) is 1. The molecule has 0 saturated carbocycles. The highest BCUT2D eigenvalue weighted by atomic mass is 16.4. The number of hydrogen-bond donors (Lipinski definition) is 2. The maximum Gasteiger partial charge on any atom is 0.419 e. The molecule has 0 fully saturated rings. The SMILES string of the molecule is CC(C)C(O)(C(=O)O)c1ccc2c(c1)oc(=O)n2C. The van der Waals surface area contributed by atoms with Gasteiger partial charge in [-0.15, -0.1) is 0 Å². The molecule has 1 aromatic heterocycles. The van der Waals surface area contributed by atoms with Gasteiger partial charge in [-0.25, -0.2) is 9.59 Å². The van der Waals surface area contributed by atoms with Gasteiger partial charge in [-0.05, 0) is 23.6 Å². The molecule has 0 saturated heterocycles. The monoisotopic (exact) mass is 265 g/mol. The van der Waals surface area contributed by atoms with Crippen LogP contribution in [0.4, 0.5) is 0 Å². The van der Waals surface area contributed by atoms with Gasteiger partial charge < -0.3 is 14.6 Å². The van der Waals surface area contributed by atoms with Crippen LogP contribution in [0, 0.1) is 5.92 Å². The molecule has 0 spiro atoms. The molecule has 102 valence electrons. The van der Waals surface area contributed by atoms with Crippen LogP contribution in [0.15, 0.2) is 27.4 Å². The molecule has 0 radical (unpaired) electrons. The van der Waals surface area contributed by atoms with Crippen LogP contribution < -0.4 is 5.76 Å². The largest absolute Gasteiger partial charge is 0.479 e. The highest BCUT2D eigenvalue weighted by molar-refractivity contribution is 5.82. The Balaban J connectivity index is 2.69. The summed E-state index contributed by atoms with van der Waals surface area (Å²) in [6.07, 6.45) is 0. The normalized spacial score (nSPS) is 14.8. The molecule has 2 N–H and O–H groups in total. The van der Waals surface area contributed by atoms with Gasteiger partial charge in [-0.3, -0.25) is 4.57 Å². The fourth-order valence-electron chi connectivity index (χ4n) is 2.07. The first kappa shape index (κ1) is 13.4. The third-order valence-electron chi connectivity index (χ3n) is 3.39. The zero-order chi connectivity index (χ0) is 14.4. The van der Waals surface area contributed by atoms with Crippen molar-refractivity contribution in [3.8, 4) is 0 Å². The molecule has 2 aromatic rings. The van der Waals surface area contributed by atoms with Crippen LogP contribution >= 0.6 is 0 Å². The predicted octanol–water partition coefficient (Wildman–Crippen LogP) is 1.06. The number of carbonyl (C=O) groups is 1. The van der Waals surface area contributed by atoms with E-state index >= 15 is 0 Å². The van der Waals surface area contributed by atoms with Crippen LogP contribution in [0.5, 0.6) is 0 Å². The minimum atomic E-state index is -2.01. The second-order valence-corrected chi connectivity index (χ2v) is 4.84. The summed E-state index contributed by atoms with van der Waals surface area (Å²) in [5, 5.41) is 19.6. The number of hydrogen-bond acceptors (Lipinski definition) is 4. The second-order valence-electron chi connectivity index (χ2n) is 4.84. The molecule has 0 bridgehead atoms. The lowest BCUT2D eigenvalue weighted by Crippen LogP contribution is -2.40. The second kappa shape index (κ2) is 4.24. The Labute approximate surface area is 108 Å². The Kier molecular flexibility index (Phi) is 2.98. The summed E-state index contributed by atoms with van der Waals surface area (Å²) in [6.45, 7) is 3.22. The zero-order valence-corrected chi connectivity index (χ0v) is 10.9. The summed E-state index contributed by atoms with van der Waals surface area (Å²) >= 11 is 0. The number of oxazole rings is 1. The summed E-state index contributed by atoms with van der Waals surface area (Å²) in [6, 6.07) is 4.45. The summed E-state index contributed by atoms with van der Waals surface area (Å²) in [5.41, 5.74) is -1.02. The van der Waals surface area contributed by atoms with Gasteiger partial charge >= 0.3 is 11.7 Å². The van der Waals surface area contributed by atoms with E-state index in [-0.39, 0.29) is 11.1 Å². The number of aliphatic hydroxyl groups is 1. The van der Waals surface area contributed by atoms with Gasteiger partial charge in [0.05, 0.1) is 5.52 Å². The Morgan fingerprint density at radius 1 is 1.42 bits per heavy atom. The van der Waals surface area contributed by atoms with E-state index in [1.807, 2.05) is 0 Å². The fraction of sp³-hybridized carbons (Fsp3) is 0.385. The number of fused-ring (bicyclic) bond motifs is 1. The first-order valence-electron chi connectivity index (χ1n) is 5.84. The lowest BCUT2D eigenvalue weighted by atomic mass is 9.83. The molecule has 0 aliphatic rings.